The minimum absolute atomic E-state index is 0.0141. The van der Waals surface area contributed by atoms with Gasteiger partial charge in [-0.05, 0) is 38.3 Å². The summed E-state index contributed by atoms with van der Waals surface area (Å²) in [5.41, 5.74) is 0.521. The van der Waals surface area contributed by atoms with Gasteiger partial charge in [-0.2, -0.15) is 0 Å². The molecule has 1 saturated heterocycles. The number of benzene rings is 1. The third-order valence-corrected chi connectivity index (χ3v) is 3.42. The molecule has 0 radical (unpaired) electrons. The van der Waals surface area contributed by atoms with E-state index in [4.69, 9.17) is 9.47 Å². The lowest BCUT2D eigenvalue weighted by Gasteiger charge is -2.23. The predicted molar refractivity (Wildman–Crippen MR) is 77.9 cm³/mol. The van der Waals surface area contributed by atoms with E-state index in [1.807, 2.05) is 6.07 Å². The molecule has 0 spiro atoms. The number of carbonyl (C=O) groups is 2. The minimum atomic E-state index is -0.679. The molecule has 2 rings (SSSR count). The molecule has 1 aromatic carbocycles. The van der Waals surface area contributed by atoms with E-state index < -0.39 is 12.0 Å². The van der Waals surface area contributed by atoms with Crippen molar-refractivity contribution in [3.63, 3.8) is 0 Å². The Morgan fingerprint density at radius 2 is 2.10 bits per heavy atom. The fourth-order valence-corrected chi connectivity index (χ4v) is 2.17. The number of ether oxygens (including phenoxy) is 2. The molecule has 114 valence electrons. The van der Waals surface area contributed by atoms with Crippen molar-refractivity contribution in [3.05, 3.63) is 35.9 Å². The van der Waals surface area contributed by atoms with Gasteiger partial charge in [-0.15, -0.1) is 0 Å². The molecule has 1 amide bonds. The summed E-state index contributed by atoms with van der Waals surface area (Å²) in [6, 6.07) is 8.10. The number of amides is 1. The Labute approximate surface area is 124 Å². The van der Waals surface area contributed by atoms with Gasteiger partial charge in [0.2, 0.25) is 0 Å². The van der Waals surface area contributed by atoms with E-state index >= 15 is 0 Å². The highest BCUT2D eigenvalue weighted by molar-refractivity contribution is 5.96. The quantitative estimate of drug-likeness (QED) is 0.842. The van der Waals surface area contributed by atoms with Crippen molar-refractivity contribution in [2.24, 2.45) is 0 Å². The van der Waals surface area contributed by atoms with Crippen LogP contribution in [0, 0.1) is 0 Å². The highest BCUT2D eigenvalue weighted by atomic mass is 16.6. The molecule has 2 atom stereocenters. The van der Waals surface area contributed by atoms with E-state index in [1.54, 1.807) is 31.2 Å². The molecular weight excluding hydrogens is 270 g/mol. The van der Waals surface area contributed by atoms with E-state index in [9.17, 15) is 9.59 Å². The third-order valence-electron chi connectivity index (χ3n) is 3.42. The van der Waals surface area contributed by atoms with Gasteiger partial charge in [-0.25, -0.2) is 4.79 Å². The molecule has 0 aromatic heterocycles. The maximum atomic E-state index is 11.9. The smallest absolute Gasteiger partial charge is 0.328 e. The van der Waals surface area contributed by atoms with Gasteiger partial charge < -0.3 is 14.8 Å². The Hall–Kier alpha value is -1.88. The first kappa shape index (κ1) is 15.5. The zero-order valence-corrected chi connectivity index (χ0v) is 12.2. The van der Waals surface area contributed by atoms with Crippen LogP contribution in [0.4, 0.5) is 0 Å². The van der Waals surface area contributed by atoms with Crippen LogP contribution in [0.1, 0.15) is 36.5 Å². The van der Waals surface area contributed by atoms with Crippen molar-refractivity contribution in [3.8, 4) is 0 Å². The van der Waals surface area contributed by atoms with Crippen molar-refractivity contribution in [2.75, 3.05) is 13.2 Å². The molecule has 1 aliphatic rings. The monoisotopic (exact) mass is 291 g/mol. The lowest BCUT2D eigenvalue weighted by molar-refractivity contribution is -0.150. The lowest BCUT2D eigenvalue weighted by atomic mass is 10.1. The molecule has 5 nitrogen and oxygen atoms in total. The summed E-state index contributed by atoms with van der Waals surface area (Å²) >= 11 is 0. The normalized spacial score (nSPS) is 19.6. The molecule has 1 aromatic rings. The van der Waals surface area contributed by atoms with Crippen LogP contribution >= 0.6 is 0 Å². The summed E-state index contributed by atoms with van der Waals surface area (Å²) < 4.78 is 10.7. The number of hydrogen-bond acceptors (Lipinski definition) is 4. The second-order valence-corrected chi connectivity index (χ2v) is 5.18. The summed E-state index contributed by atoms with van der Waals surface area (Å²) in [6.45, 7) is 2.60. The predicted octanol–water partition coefficient (Wildman–Crippen LogP) is 1.92. The van der Waals surface area contributed by atoms with Crippen LogP contribution < -0.4 is 5.32 Å². The van der Waals surface area contributed by atoms with Gasteiger partial charge in [-0.1, -0.05) is 18.2 Å². The SMILES string of the molecule is CC(NC(=O)c1ccccc1)C(=O)OCC1CCCCO1. The molecule has 0 bridgehead atoms. The average molecular weight is 291 g/mol. The second kappa shape index (κ2) is 7.78. The highest BCUT2D eigenvalue weighted by Crippen LogP contribution is 2.13. The van der Waals surface area contributed by atoms with Crippen LogP contribution in [0.15, 0.2) is 30.3 Å². The van der Waals surface area contributed by atoms with Gasteiger partial charge in [-0.3, -0.25) is 4.79 Å². The molecule has 0 saturated carbocycles. The van der Waals surface area contributed by atoms with Crippen LogP contribution in [0.2, 0.25) is 0 Å². The van der Waals surface area contributed by atoms with Gasteiger partial charge in [0.1, 0.15) is 12.6 Å². The van der Waals surface area contributed by atoms with E-state index in [2.05, 4.69) is 5.32 Å². The topological polar surface area (TPSA) is 64.6 Å². The number of esters is 1. The number of nitrogens with one attached hydrogen (secondary N) is 1. The molecule has 1 N–H and O–H groups in total. The first-order chi connectivity index (χ1) is 10.2. The number of rotatable bonds is 5. The Kier molecular flexibility index (Phi) is 5.75. The first-order valence-corrected chi connectivity index (χ1v) is 7.31. The maximum absolute atomic E-state index is 11.9. The molecule has 1 aliphatic heterocycles. The molecule has 5 heteroatoms. The summed E-state index contributed by atoms with van der Waals surface area (Å²) in [4.78, 5) is 23.8. The number of carbonyl (C=O) groups excluding carboxylic acids is 2. The number of hydrogen-bond donors (Lipinski definition) is 1. The van der Waals surface area contributed by atoms with Gasteiger partial charge in [0.25, 0.3) is 5.91 Å². The zero-order chi connectivity index (χ0) is 15.1. The zero-order valence-electron chi connectivity index (χ0n) is 12.2. The molecule has 21 heavy (non-hydrogen) atoms. The Morgan fingerprint density at radius 1 is 1.33 bits per heavy atom. The Morgan fingerprint density at radius 3 is 2.76 bits per heavy atom. The second-order valence-electron chi connectivity index (χ2n) is 5.18. The van der Waals surface area contributed by atoms with Gasteiger partial charge >= 0.3 is 5.97 Å². The summed E-state index contributed by atoms with van der Waals surface area (Å²) in [6.07, 6.45) is 3.06. The van der Waals surface area contributed by atoms with Crippen LogP contribution in [0.25, 0.3) is 0 Å². The van der Waals surface area contributed by atoms with Crippen LogP contribution in [-0.4, -0.2) is 37.2 Å². The van der Waals surface area contributed by atoms with E-state index in [1.165, 1.54) is 0 Å². The molecule has 1 fully saturated rings. The van der Waals surface area contributed by atoms with Crippen molar-refractivity contribution in [1.29, 1.82) is 0 Å². The van der Waals surface area contributed by atoms with Gasteiger partial charge in [0, 0.05) is 12.2 Å². The molecular formula is C16H21NO4. The standard InChI is InChI=1S/C16H21NO4/c1-12(17-15(18)13-7-3-2-4-8-13)16(19)21-11-14-9-5-6-10-20-14/h2-4,7-8,12,14H,5-6,9-11H2,1H3,(H,17,18). The van der Waals surface area contributed by atoms with Gasteiger partial charge in [0.15, 0.2) is 0 Å². The van der Waals surface area contributed by atoms with Crippen LogP contribution in [0.3, 0.4) is 0 Å². The first-order valence-electron chi connectivity index (χ1n) is 7.31. The van der Waals surface area contributed by atoms with Crippen molar-refractivity contribution < 1.29 is 19.1 Å². The van der Waals surface area contributed by atoms with E-state index in [-0.39, 0.29) is 18.6 Å². The molecule has 2 unspecified atom stereocenters. The molecule has 1 heterocycles. The van der Waals surface area contributed by atoms with Gasteiger partial charge in [0.05, 0.1) is 6.10 Å². The third kappa shape index (κ3) is 4.86. The minimum Gasteiger partial charge on any atom is -0.461 e. The largest absolute Gasteiger partial charge is 0.461 e. The highest BCUT2D eigenvalue weighted by Gasteiger charge is 2.21. The van der Waals surface area contributed by atoms with Crippen molar-refractivity contribution in [1.82, 2.24) is 5.32 Å². The van der Waals surface area contributed by atoms with E-state index in [0.717, 1.165) is 25.9 Å². The van der Waals surface area contributed by atoms with Crippen molar-refractivity contribution in [2.45, 2.75) is 38.3 Å². The van der Waals surface area contributed by atoms with Crippen LogP contribution in [0.5, 0.6) is 0 Å². The van der Waals surface area contributed by atoms with Crippen LogP contribution in [-0.2, 0) is 14.3 Å². The summed E-state index contributed by atoms with van der Waals surface area (Å²) in [5, 5.41) is 2.63. The Balaban J connectivity index is 1.75. The maximum Gasteiger partial charge on any atom is 0.328 e. The van der Waals surface area contributed by atoms with Crippen molar-refractivity contribution >= 4 is 11.9 Å². The summed E-state index contributed by atoms with van der Waals surface area (Å²) in [5.74, 6) is -0.720. The Bertz CT molecular complexity index is 468. The lowest BCUT2D eigenvalue weighted by Crippen LogP contribution is -2.40. The molecule has 0 aliphatic carbocycles. The average Bonchev–Trinajstić information content (AvgIpc) is 2.54. The van der Waals surface area contributed by atoms with E-state index in [0.29, 0.717) is 5.56 Å². The summed E-state index contributed by atoms with van der Waals surface area (Å²) in [7, 11) is 0. The fourth-order valence-electron chi connectivity index (χ4n) is 2.17. The fraction of sp³-hybridized carbons (Fsp3) is 0.500.